The van der Waals surface area contributed by atoms with E-state index in [1.54, 1.807) is 36.7 Å². The Kier molecular flexibility index (Phi) is 6.47. The van der Waals surface area contributed by atoms with Crippen LogP contribution in [0.15, 0.2) is 59.7 Å². The van der Waals surface area contributed by atoms with Crippen LogP contribution in [0, 0.1) is 0 Å². The quantitative estimate of drug-likeness (QED) is 0.666. The van der Waals surface area contributed by atoms with Crippen molar-refractivity contribution in [2.75, 3.05) is 0 Å². The predicted molar refractivity (Wildman–Crippen MR) is 97.3 cm³/mol. The number of aliphatic hydroxyl groups is 1. The van der Waals surface area contributed by atoms with Crippen molar-refractivity contribution in [3.05, 3.63) is 81.9 Å². The van der Waals surface area contributed by atoms with E-state index in [4.69, 9.17) is 5.11 Å². The van der Waals surface area contributed by atoms with Crippen LogP contribution in [0.3, 0.4) is 0 Å². The number of aromatic nitrogens is 3. The Hall–Kier alpha value is -2.72. The number of rotatable bonds is 5. The molecule has 0 saturated carbocycles. The fourth-order valence-corrected chi connectivity index (χ4v) is 2.41. The Morgan fingerprint density at radius 3 is 2.62 bits per heavy atom. The zero-order valence-corrected chi connectivity index (χ0v) is 13.2. The van der Waals surface area contributed by atoms with E-state index in [1.165, 1.54) is 22.9 Å². The van der Waals surface area contributed by atoms with Crippen LogP contribution in [0.25, 0.3) is 11.3 Å². The van der Waals surface area contributed by atoms with E-state index in [9.17, 15) is 14.7 Å². The second-order valence-corrected chi connectivity index (χ2v) is 5.46. The van der Waals surface area contributed by atoms with Gasteiger partial charge in [0.05, 0.1) is 24.4 Å². The molecule has 26 heavy (non-hydrogen) atoms. The Balaban J connectivity index is 0.00000243. The number of carboxylic acid groups (broad SMARTS) is 1. The van der Waals surface area contributed by atoms with Crippen molar-refractivity contribution < 1.29 is 15.0 Å². The Morgan fingerprint density at radius 1 is 1.08 bits per heavy atom. The van der Waals surface area contributed by atoms with Gasteiger partial charge >= 0.3 is 24.8 Å². The van der Waals surface area contributed by atoms with Gasteiger partial charge in [0.1, 0.15) is 0 Å². The molecule has 0 aliphatic carbocycles. The zero-order chi connectivity index (χ0) is 17.8. The van der Waals surface area contributed by atoms with Crippen LogP contribution < -0.4 is 5.56 Å². The van der Waals surface area contributed by atoms with E-state index in [1.807, 2.05) is 0 Å². The molecule has 0 aliphatic rings. The fourth-order valence-electron chi connectivity index (χ4n) is 2.41. The fraction of sp³-hybridized carbons (Fsp3) is 0.111. The number of nitrogens with zero attached hydrogens (tertiary/aromatic N) is 3. The van der Waals surface area contributed by atoms with Crippen LogP contribution in [-0.4, -0.2) is 49.8 Å². The second-order valence-electron chi connectivity index (χ2n) is 5.46. The summed E-state index contributed by atoms with van der Waals surface area (Å²) in [6, 6.07) is 11.1. The van der Waals surface area contributed by atoms with Gasteiger partial charge in [-0.2, -0.15) is 5.10 Å². The third kappa shape index (κ3) is 4.46. The monoisotopic (exact) mass is 345 g/mol. The average Bonchev–Trinajstić information content (AvgIpc) is 2.64. The van der Waals surface area contributed by atoms with Gasteiger partial charge in [0.2, 0.25) is 0 Å². The van der Waals surface area contributed by atoms with Crippen LogP contribution in [-0.2, 0) is 13.2 Å². The van der Waals surface area contributed by atoms with Crippen LogP contribution >= 0.6 is 0 Å². The second kappa shape index (κ2) is 8.58. The number of aromatic carboxylic acids is 1. The molecule has 2 aromatic heterocycles. The number of hydrogen-bond acceptors (Lipinski definition) is 5. The molecule has 1 aromatic carbocycles. The van der Waals surface area contributed by atoms with E-state index in [0.717, 1.165) is 0 Å². The molecule has 128 valence electrons. The van der Waals surface area contributed by atoms with E-state index in [2.05, 4.69) is 10.1 Å². The predicted octanol–water partition coefficient (Wildman–Crippen LogP) is 0.896. The van der Waals surface area contributed by atoms with Crippen molar-refractivity contribution in [2.24, 2.45) is 0 Å². The van der Waals surface area contributed by atoms with Gasteiger partial charge < -0.3 is 10.2 Å². The molecule has 3 rings (SSSR count). The normalized spacial score (nSPS) is 10.2. The summed E-state index contributed by atoms with van der Waals surface area (Å²) in [5.41, 5.74) is 2.38. The third-order valence-electron chi connectivity index (χ3n) is 3.65. The SMILES string of the molecule is O=C(O)c1cccc(Cn2nc(-c3cncc(CO)c3)ccc2=O)c1.[LiH]. The molecule has 0 aliphatic heterocycles. The van der Waals surface area contributed by atoms with E-state index < -0.39 is 5.97 Å². The minimum atomic E-state index is -1.03. The molecular formula is C18H16LiN3O4. The molecule has 0 atom stereocenters. The molecule has 8 heteroatoms. The van der Waals surface area contributed by atoms with E-state index in [0.29, 0.717) is 22.4 Å². The molecule has 0 saturated heterocycles. The number of benzene rings is 1. The average molecular weight is 345 g/mol. The molecule has 7 nitrogen and oxygen atoms in total. The summed E-state index contributed by atoms with van der Waals surface area (Å²) in [4.78, 5) is 27.2. The summed E-state index contributed by atoms with van der Waals surface area (Å²) in [6.45, 7) is 0.0172. The van der Waals surface area contributed by atoms with Crippen LogP contribution in [0.1, 0.15) is 21.5 Å². The molecule has 2 heterocycles. The van der Waals surface area contributed by atoms with Crippen LogP contribution in [0.5, 0.6) is 0 Å². The van der Waals surface area contributed by atoms with Crippen LogP contribution in [0.4, 0.5) is 0 Å². The van der Waals surface area contributed by atoms with Gasteiger partial charge in [0.15, 0.2) is 0 Å². The number of hydrogen-bond donors (Lipinski definition) is 2. The molecule has 0 radical (unpaired) electrons. The summed E-state index contributed by atoms with van der Waals surface area (Å²) in [5.74, 6) is -1.03. The van der Waals surface area contributed by atoms with Crippen molar-refractivity contribution in [2.45, 2.75) is 13.2 Å². The van der Waals surface area contributed by atoms with Gasteiger partial charge in [0, 0.05) is 24.0 Å². The molecule has 2 N–H and O–H groups in total. The number of carboxylic acids is 1. The first-order valence-electron chi connectivity index (χ1n) is 7.52. The van der Waals surface area contributed by atoms with Crippen molar-refractivity contribution in [1.82, 2.24) is 14.8 Å². The summed E-state index contributed by atoms with van der Waals surface area (Å²) < 4.78 is 1.27. The van der Waals surface area contributed by atoms with Crippen molar-refractivity contribution in [3.63, 3.8) is 0 Å². The molecule has 0 spiro atoms. The maximum absolute atomic E-state index is 12.1. The molecule has 0 unspecified atom stereocenters. The first-order valence-corrected chi connectivity index (χ1v) is 7.52. The topological polar surface area (TPSA) is 105 Å². The summed E-state index contributed by atoms with van der Waals surface area (Å²) >= 11 is 0. The summed E-state index contributed by atoms with van der Waals surface area (Å²) in [7, 11) is 0. The summed E-state index contributed by atoms with van der Waals surface area (Å²) in [6.07, 6.45) is 3.15. The first kappa shape index (κ1) is 19.6. The van der Waals surface area contributed by atoms with E-state index in [-0.39, 0.29) is 43.1 Å². The molecule has 0 bridgehead atoms. The van der Waals surface area contributed by atoms with Gasteiger partial charge in [0.25, 0.3) is 5.56 Å². The number of pyridine rings is 1. The Morgan fingerprint density at radius 2 is 1.88 bits per heavy atom. The Bertz CT molecular complexity index is 988. The molecular weight excluding hydrogens is 329 g/mol. The number of aliphatic hydroxyl groups excluding tert-OH is 1. The van der Waals surface area contributed by atoms with Gasteiger partial charge in [-0.3, -0.25) is 9.78 Å². The van der Waals surface area contributed by atoms with Crippen molar-refractivity contribution in [1.29, 1.82) is 0 Å². The molecule has 3 aromatic rings. The van der Waals surface area contributed by atoms with Crippen molar-refractivity contribution >= 4 is 24.8 Å². The van der Waals surface area contributed by atoms with Gasteiger partial charge in [-0.25, -0.2) is 9.48 Å². The zero-order valence-electron chi connectivity index (χ0n) is 13.2. The van der Waals surface area contributed by atoms with Crippen molar-refractivity contribution in [3.8, 4) is 11.3 Å². The van der Waals surface area contributed by atoms with E-state index >= 15 is 0 Å². The van der Waals surface area contributed by atoms with Gasteiger partial charge in [-0.05, 0) is 35.4 Å². The maximum atomic E-state index is 12.1. The van der Waals surface area contributed by atoms with Crippen LogP contribution in [0.2, 0.25) is 0 Å². The minimum absolute atomic E-state index is 0. The molecule has 0 amide bonds. The molecule has 0 fully saturated rings. The first-order chi connectivity index (χ1) is 12.1. The Labute approximate surface area is 161 Å². The number of carbonyl (C=O) groups is 1. The third-order valence-corrected chi connectivity index (χ3v) is 3.65. The standard InChI is InChI=1S/C18H15N3O4.Li.H/c22-11-13-7-15(9-19-8-13)16-4-5-17(23)21(20-16)10-12-2-1-3-14(6-12)18(24)25;;/h1-9,22H,10-11H2,(H,24,25);;. The summed E-state index contributed by atoms with van der Waals surface area (Å²) in [5, 5.41) is 22.6. The van der Waals surface area contributed by atoms with Gasteiger partial charge in [-0.1, -0.05) is 12.1 Å². The van der Waals surface area contributed by atoms with Gasteiger partial charge in [-0.15, -0.1) is 0 Å².